The highest BCUT2D eigenvalue weighted by molar-refractivity contribution is 7.22. The number of hydrogen-bond donors (Lipinski definition) is 1. The number of carbonyl (C=O) groups excluding carboxylic acids is 2. The molecule has 1 aliphatic heterocycles. The number of thiazole rings is 1. The van der Waals surface area contributed by atoms with Crippen molar-refractivity contribution in [3.05, 3.63) is 57.6 Å². The molecule has 0 spiro atoms. The Morgan fingerprint density at radius 1 is 1.15 bits per heavy atom. The largest absolute Gasteiger partial charge is 0.416 e. The zero-order chi connectivity index (χ0) is 23.8. The van der Waals surface area contributed by atoms with Gasteiger partial charge in [0, 0.05) is 22.5 Å². The lowest BCUT2D eigenvalue weighted by molar-refractivity contribution is -0.137. The first-order valence-electron chi connectivity index (χ1n) is 10.1. The van der Waals surface area contributed by atoms with Crippen molar-refractivity contribution >= 4 is 61.7 Å². The Kier molecular flexibility index (Phi) is 6.83. The van der Waals surface area contributed by atoms with Gasteiger partial charge in [-0.15, -0.1) is 0 Å². The molecule has 0 aliphatic carbocycles. The van der Waals surface area contributed by atoms with Crippen molar-refractivity contribution in [2.24, 2.45) is 0 Å². The van der Waals surface area contributed by atoms with Crippen molar-refractivity contribution in [2.75, 3.05) is 18.4 Å². The normalized spacial score (nSPS) is 17.7. The zero-order valence-electron chi connectivity index (χ0n) is 17.1. The van der Waals surface area contributed by atoms with Crippen LogP contribution in [0.5, 0.6) is 0 Å². The number of nitrogens with zero attached hydrogens (tertiary/aromatic N) is 2. The van der Waals surface area contributed by atoms with Gasteiger partial charge in [-0.2, -0.15) is 13.2 Å². The molecule has 1 aromatic heterocycles. The van der Waals surface area contributed by atoms with Crippen LogP contribution >= 0.6 is 34.5 Å². The van der Waals surface area contributed by atoms with E-state index in [0.717, 1.165) is 29.9 Å². The number of alkyl halides is 3. The monoisotopic (exact) mass is 515 g/mol. The number of benzene rings is 2. The summed E-state index contributed by atoms with van der Waals surface area (Å²) in [4.78, 5) is 31.4. The fourth-order valence-corrected chi connectivity index (χ4v) is 5.24. The number of urea groups is 1. The zero-order valence-corrected chi connectivity index (χ0v) is 19.4. The molecule has 1 N–H and O–H groups in total. The maximum atomic E-state index is 13.0. The molecule has 33 heavy (non-hydrogen) atoms. The molecular weight excluding hydrogens is 498 g/mol. The number of nitrogens with one attached hydrogen (secondary N) is 1. The molecule has 1 fully saturated rings. The second kappa shape index (κ2) is 9.48. The second-order valence-corrected chi connectivity index (χ2v) is 9.61. The average Bonchev–Trinajstić information content (AvgIpc) is 3.12. The van der Waals surface area contributed by atoms with E-state index in [4.69, 9.17) is 23.2 Å². The van der Waals surface area contributed by atoms with E-state index in [-0.39, 0.29) is 17.5 Å². The fraction of sp³-hybridized carbons (Fsp3) is 0.318. The van der Waals surface area contributed by atoms with Gasteiger partial charge in [0.05, 0.1) is 22.3 Å². The molecule has 1 aliphatic rings. The minimum Gasteiger partial charge on any atom is -0.317 e. The molecule has 4 rings (SSSR count). The first-order valence-corrected chi connectivity index (χ1v) is 11.7. The lowest BCUT2D eigenvalue weighted by atomic mass is 9.88. The molecule has 2 amide bonds. The molecule has 0 bridgehead atoms. The Balaban J connectivity index is 1.49. The molecule has 0 saturated carbocycles. The van der Waals surface area contributed by atoms with Gasteiger partial charge in [0.2, 0.25) is 0 Å². The van der Waals surface area contributed by atoms with Crippen molar-refractivity contribution in [1.82, 2.24) is 9.88 Å². The molecule has 0 radical (unpaired) electrons. The summed E-state index contributed by atoms with van der Waals surface area (Å²) in [5.74, 6) is -0.596. The maximum Gasteiger partial charge on any atom is 0.416 e. The SMILES string of the molecule is O=C1CN(C(=O)Nc2nc3ccc(C(F)(F)F)cc3s2)CCCCC1c1ccc(Cl)cc1Cl. The van der Waals surface area contributed by atoms with E-state index in [1.807, 2.05) is 0 Å². The van der Waals surface area contributed by atoms with E-state index >= 15 is 0 Å². The third kappa shape index (κ3) is 5.42. The number of Topliss-reactive ketones (excluding diaryl/α,β-unsaturated/α-hetero) is 1. The Labute approximate surface area is 201 Å². The minimum atomic E-state index is -4.46. The first kappa shape index (κ1) is 23.8. The lowest BCUT2D eigenvalue weighted by Crippen LogP contribution is -2.42. The molecule has 11 heteroatoms. The van der Waals surface area contributed by atoms with E-state index in [0.29, 0.717) is 45.2 Å². The molecular formula is C22H18Cl2F3N3O2S. The van der Waals surface area contributed by atoms with Crippen LogP contribution < -0.4 is 5.32 Å². The smallest absolute Gasteiger partial charge is 0.317 e. The number of amides is 2. The van der Waals surface area contributed by atoms with Crippen LogP contribution in [0.3, 0.4) is 0 Å². The van der Waals surface area contributed by atoms with Crippen molar-refractivity contribution < 1.29 is 22.8 Å². The fourth-order valence-electron chi connectivity index (χ4n) is 3.80. The van der Waals surface area contributed by atoms with Crippen LogP contribution in [0.2, 0.25) is 10.0 Å². The molecule has 2 heterocycles. The standard InChI is InChI=1S/C22H18Cl2F3N3O2S/c23-13-5-6-14(16(24)10-13)15-3-1-2-8-30(11-18(15)31)21(32)29-20-28-17-7-4-12(22(25,26)27)9-19(17)33-20/h4-7,9-10,15H,1-3,8,11H2,(H,28,29,32). The summed E-state index contributed by atoms with van der Waals surface area (Å²) in [6.07, 6.45) is -2.43. The summed E-state index contributed by atoms with van der Waals surface area (Å²) in [7, 11) is 0. The van der Waals surface area contributed by atoms with E-state index in [9.17, 15) is 22.8 Å². The van der Waals surface area contributed by atoms with Gasteiger partial charge in [0.1, 0.15) is 0 Å². The van der Waals surface area contributed by atoms with E-state index in [2.05, 4.69) is 10.3 Å². The van der Waals surface area contributed by atoms with Gasteiger partial charge >= 0.3 is 12.2 Å². The Bertz CT molecular complexity index is 1220. The van der Waals surface area contributed by atoms with Gasteiger partial charge in [-0.05, 0) is 48.7 Å². The Morgan fingerprint density at radius 3 is 2.67 bits per heavy atom. The second-order valence-electron chi connectivity index (χ2n) is 7.73. The summed E-state index contributed by atoms with van der Waals surface area (Å²) in [5, 5.41) is 3.67. The summed E-state index contributed by atoms with van der Waals surface area (Å²) >= 11 is 13.2. The molecule has 1 unspecified atom stereocenters. The van der Waals surface area contributed by atoms with E-state index < -0.39 is 23.7 Å². The summed E-state index contributed by atoms with van der Waals surface area (Å²) in [6.45, 7) is 0.264. The number of fused-ring (bicyclic) bond motifs is 1. The summed E-state index contributed by atoms with van der Waals surface area (Å²) < 4.78 is 39.1. The van der Waals surface area contributed by atoms with Crippen LogP contribution in [-0.4, -0.2) is 34.8 Å². The predicted octanol–water partition coefficient (Wildman–Crippen LogP) is 6.99. The Morgan fingerprint density at radius 2 is 1.94 bits per heavy atom. The predicted molar refractivity (Wildman–Crippen MR) is 123 cm³/mol. The van der Waals surface area contributed by atoms with Crippen LogP contribution in [0, 0.1) is 0 Å². The van der Waals surface area contributed by atoms with Gasteiger partial charge in [-0.25, -0.2) is 9.78 Å². The highest BCUT2D eigenvalue weighted by Crippen LogP contribution is 2.35. The average molecular weight is 516 g/mol. The number of carbonyl (C=O) groups is 2. The highest BCUT2D eigenvalue weighted by atomic mass is 35.5. The van der Waals surface area contributed by atoms with Crippen LogP contribution in [0.1, 0.15) is 36.3 Å². The number of likely N-dealkylation sites (tertiary alicyclic amines) is 1. The minimum absolute atomic E-state index is 0.113. The number of ketones is 1. The quantitative estimate of drug-likeness (QED) is 0.399. The number of rotatable bonds is 2. The molecule has 5 nitrogen and oxygen atoms in total. The van der Waals surface area contributed by atoms with Crippen LogP contribution in [-0.2, 0) is 11.0 Å². The number of aromatic nitrogens is 1. The number of anilines is 1. The topological polar surface area (TPSA) is 62.3 Å². The van der Waals surface area contributed by atoms with Crippen LogP contribution in [0.25, 0.3) is 10.2 Å². The van der Waals surface area contributed by atoms with Crippen LogP contribution in [0.4, 0.5) is 23.1 Å². The van der Waals surface area contributed by atoms with Gasteiger partial charge < -0.3 is 4.90 Å². The van der Waals surface area contributed by atoms with Crippen molar-refractivity contribution in [1.29, 1.82) is 0 Å². The van der Waals surface area contributed by atoms with Crippen molar-refractivity contribution in [2.45, 2.75) is 31.4 Å². The Hall–Kier alpha value is -2.36. The van der Waals surface area contributed by atoms with Gasteiger partial charge in [-0.1, -0.05) is 47.0 Å². The van der Waals surface area contributed by atoms with Crippen LogP contribution in [0.15, 0.2) is 36.4 Å². The molecule has 2 aromatic carbocycles. The van der Waals surface area contributed by atoms with Crippen molar-refractivity contribution in [3.63, 3.8) is 0 Å². The molecule has 1 atom stereocenters. The lowest BCUT2D eigenvalue weighted by Gasteiger charge is -2.28. The van der Waals surface area contributed by atoms with Gasteiger partial charge in [0.15, 0.2) is 10.9 Å². The maximum absolute atomic E-state index is 13.0. The summed E-state index contributed by atoms with van der Waals surface area (Å²) in [6, 6.07) is 7.69. The first-order chi connectivity index (χ1) is 15.6. The van der Waals surface area contributed by atoms with E-state index in [1.54, 1.807) is 18.2 Å². The third-order valence-corrected chi connectivity index (χ3v) is 6.96. The van der Waals surface area contributed by atoms with Gasteiger partial charge in [-0.3, -0.25) is 10.1 Å². The number of hydrogen-bond acceptors (Lipinski definition) is 4. The number of halogens is 5. The third-order valence-electron chi connectivity index (χ3n) is 5.46. The van der Waals surface area contributed by atoms with Gasteiger partial charge in [0.25, 0.3) is 0 Å². The molecule has 174 valence electrons. The highest BCUT2D eigenvalue weighted by Gasteiger charge is 2.31. The molecule has 3 aromatic rings. The van der Waals surface area contributed by atoms with E-state index in [1.165, 1.54) is 11.0 Å². The molecule has 1 saturated heterocycles. The summed E-state index contributed by atoms with van der Waals surface area (Å²) in [5.41, 5.74) is 0.252. The van der Waals surface area contributed by atoms with Crippen molar-refractivity contribution in [3.8, 4) is 0 Å².